The van der Waals surface area contributed by atoms with Crippen molar-refractivity contribution in [3.8, 4) is 5.75 Å². The van der Waals surface area contributed by atoms with Gasteiger partial charge in [0.1, 0.15) is 12.4 Å². The van der Waals surface area contributed by atoms with Gasteiger partial charge in [-0.15, -0.1) is 0 Å². The van der Waals surface area contributed by atoms with Crippen LogP contribution in [0.4, 0.5) is 5.69 Å². The van der Waals surface area contributed by atoms with Crippen LogP contribution in [0.1, 0.15) is 15.9 Å². The molecule has 0 atom stereocenters. The molecule has 0 amide bonds. The summed E-state index contributed by atoms with van der Waals surface area (Å²) in [6.45, 7) is 0.0524. The molecule has 0 bridgehead atoms. The predicted octanol–water partition coefficient (Wildman–Crippen LogP) is 2.68. The molecule has 5 nitrogen and oxygen atoms in total. The van der Waals surface area contributed by atoms with Crippen LogP contribution < -0.4 is 10.5 Å². The molecule has 0 saturated heterocycles. The van der Waals surface area contributed by atoms with Crippen molar-refractivity contribution in [1.29, 1.82) is 0 Å². The van der Waals surface area contributed by atoms with E-state index in [0.29, 0.717) is 16.3 Å². The molecular weight excluding hydrogens is 280 g/mol. The summed E-state index contributed by atoms with van der Waals surface area (Å²) in [5, 5.41) is 0.443. The van der Waals surface area contributed by atoms with Crippen molar-refractivity contribution in [3.05, 3.63) is 52.8 Å². The fourth-order valence-electron chi connectivity index (χ4n) is 1.64. The zero-order valence-corrected chi connectivity index (χ0v) is 11.6. The first-order valence-electron chi connectivity index (χ1n) is 5.81. The quantitative estimate of drug-likeness (QED) is 0.693. The van der Waals surface area contributed by atoms with Crippen LogP contribution in [0.2, 0.25) is 5.02 Å². The van der Waals surface area contributed by atoms with Crippen molar-refractivity contribution < 1.29 is 14.3 Å². The van der Waals surface area contributed by atoms with Crippen LogP contribution >= 0.6 is 11.6 Å². The largest absolute Gasteiger partial charge is 0.495 e. The van der Waals surface area contributed by atoms with Crippen LogP contribution in [0.15, 0.2) is 36.7 Å². The normalized spacial score (nSPS) is 10.1. The maximum atomic E-state index is 12.0. The van der Waals surface area contributed by atoms with E-state index in [2.05, 4.69) is 4.98 Å². The Morgan fingerprint density at radius 1 is 1.40 bits per heavy atom. The summed E-state index contributed by atoms with van der Waals surface area (Å²) in [5.74, 6) is -0.101. The van der Waals surface area contributed by atoms with Crippen molar-refractivity contribution in [2.45, 2.75) is 6.61 Å². The second-order valence-corrected chi connectivity index (χ2v) is 4.37. The summed E-state index contributed by atoms with van der Waals surface area (Å²) in [6, 6.07) is 6.61. The average molecular weight is 293 g/mol. The second-order valence-electron chi connectivity index (χ2n) is 3.96. The Kier molecular flexibility index (Phi) is 4.42. The Morgan fingerprint density at radius 2 is 2.20 bits per heavy atom. The van der Waals surface area contributed by atoms with Gasteiger partial charge in [0, 0.05) is 18.0 Å². The number of carbonyl (C=O) groups is 1. The Bertz CT molecular complexity index is 632. The number of aromatic nitrogens is 1. The third-order valence-electron chi connectivity index (χ3n) is 2.72. The van der Waals surface area contributed by atoms with E-state index in [4.69, 9.17) is 26.8 Å². The topological polar surface area (TPSA) is 74.4 Å². The lowest BCUT2D eigenvalue weighted by atomic mass is 10.1. The highest BCUT2D eigenvalue weighted by molar-refractivity contribution is 6.31. The summed E-state index contributed by atoms with van der Waals surface area (Å²) >= 11 is 5.93. The summed E-state index contributed by atoms with van der Waals surface area (Å²) in [7, 11) is 1.48. The summed E-state index contributed by atoms with van der Waals surface area (Å²) < 4.78 is 10.2. The molecule has 2 rings (SSSR count). The minimum absolute atomic E-state index is 0.0524. The lowest BCUT2D eigenvalue weighted by molar-refractivity contribution is 0.0473. The molecule has 1 heterocycles. The number of hydrogen-bond acceptors (Lipinski definition) is 5. The second kappa shape index (κ2) is 6.25. The number of hydrogen-bond donors (Lipinski definition) is 1. The number of anilines is 1. The van der Waals surface area contributed by atoms with Gasteiger partial charge in [0.05, 0.1) is 23.4 Å². The molecule has 6 heteroatoms. The van der Waals surface area contributed by atoms with Crippen molar-refractivity contribution in [1.82, 2.24) is 4.98 Å². The van der Waals surface area contributed by atoms with E-state index in [1.165, 1.54) is 13.3 Å². The van der Waals surface area contributed by atoms with Gasteiger partial charge in [-0.3, -0.25) is 4.98 Å². The van der Waals surface area contributed by atoms with Gasteiger partial charge in [0.25, 0.3) is 0 Å². The first kappa shape index (κ1) is 14.1. The molecule has 1 aromatic heterocycles. The summed E-state index contributed by atoms with van der Waals surface area (Å²) in [6.07, 6.45) is 3.07. The zero-order chi connectivity index (χ0) is 14.5. The summed E-state index contributed by atoms with van der Waals surface area (Å²) in [5.41, 5.74) is 7.02. The first-order valence-corrected chi connectivity index (χ1v) is 6.19. The third kappa shape index (κ3) is 3.00. The van der Waals surface area contributed by atoms with E-state index in [0.717, 1.165) is 0 Å². The number of nitrogens with two attached hydrogens (primary N) is 1. The van der Waals surface area contributed by atoms with Gasteiger partial charge in [-0.2, -0.15) is 0 Å². The fourth-order valence-corrected chi connectivity index (χ4v) is 1.82. The Balaban J connectivity index is 2.12. The molecule has 1 aromatic carbocycles. The molecule has 0 aliphatic rings. The lowest BCUT2D eigenvalue weighted by Crippen LogP contribution is -2.09. The van der Waals surface area contributed by atoms with E-state index in [-0.39, 0.29) is 17.9 Å². The molecule has 0 radical (unpaired) electrons. The van der Waals surface area contributed by atoms with E-state index in [9.17, 15) is 4.79 Å². The Morgan fingerprint density at radius 3 is 2.90 bits per heavy atom. The van der Waals surface area contributed by atoms with Gasteiger partial charge in [-0.1, -0.05) is 17.7 Å². The van der Waals surface area contributed by atoms with Crippen molar-refractivity contribution in [3.63, 3.8) is 0 Å². The highest BCUT2D eigenvalue weighted by Crippen LogP contribution is 2.25. The number of halogens is 1. The van der Waals surface area contributed by atoms with E-state index < -0.39 is 5.97 Å². The molecule has 20 heavy (non-hydrogen) atoms. The average Bonchev–Trinajstić information content (AvgIpc) is 2.46. The van der Waals surface area contributed by atoms with E-state index in [1.807, 2.05) is 0 Å². The number of benzene rings is 1. The predicted molar refractivity (Wildman–Crippen MR) is 75.8 cm³/mol. The number of nitrogen functional groups attached to an aromatic ring is 1. The Labute approximate surface area is 121 Å². The molecule has 0 fully saturated rings. The molecule has 0 spiro atoms. The van der Waals surface area contributed by atoms with Crippen LogP contribution in [0.5, 0.6) is 5.75 Å². The molecule has 2 aromatic rings. The summed E-state index contributed by atoms with van der Waals surface area (Å²) in [4.78, 5) is 15.9. The van der Waals surface area contributed by atoms with Crippen LogP contribution in [-0.2, 0) is 11.3 Å². The zero-order valence-electron chi connectivity index (χ0n) is 10.8. The number of ether oxygens (including phenoxy) is 2. The standard InChI is InChI=1S/C14H13ClN2O3/c1-19-12-4-2-3-10(13(12)16)14(18)20-8-9-5-6-17-7-11(9)15/h2-7H,8,16H2,1H3. The van der Waals surface area contributed by atoms with Gasteiger partial charge < -0.3 is 15.2 Å². The number of pyridine rings is 1. The van der Waals surface area contributed by atoms with Gasteiger partial charge in [-0.25, -0.2) is 4.79 Å². The molecule has 2 N–H and O–H groups in total. The van der Waals surface area contributed by atoms with Crippen molar-refractivity contribution in [2.75, 3.05) is 12.8 Å². The van der Waals surface area contributed by atoms with Crippen LogP contribution in [0, 0.1) is 0 Å². The number of para-hydroxylation sites is 1. The monoisotopic (exact) mass is 292 g/mol. The SMILES string of the molecule is COc1cccc(C(=O)OCc2ccncc2Cl)c1N. The lowest BCUT2D eigenvalue weighted by Gasteiger charge is -2.10. The first-order chi connectivity index (χ1) is 9.63. The molecule has 104 valence electrons. The number of nitrogens with zero attached hydrogens (tertiary/aromatic N) is 1. The highest BCUT2D eigenvalue weighted by Gasteiger charge is 2.15. The van der Waals surface area contributed by atoms with Crippen molar-refractivity contribution >= 4 is 23.3 Å². The molecular formula is C14H13ClN2O3. The van der Waals surface area contributed by atoms with Crippen LogP contribution in [0.25, 0.3) is 0 Å². The number of esters is 1. The number of carbonyl (C=O) groups excluding carboxylic acids is 1. The smallest absolute Gasteiger partial charge is 0.340 e. The van der Waals surface area contributed by atoms with Crippen LogP contribution in [-0.4, -0.2) is 18.1 Å². The van der Waals surface area contributed by atoms with Gasteiger partial charge in [-0.05, 0) is 18.2 Å². The van der Waals surface area contributed by atoms with Crippen molar-refractivity contribution in [2.24, 2.45) is 0 Å². The minimum atomic E-state index is -0.533. The minimum Gasteiger partial charge on any atom is -0.495 e. The van der Waals surface area contributed by atoms with Gasteiger partial charge >= 0.3 is 5.97 Å². The van der Waals surface area contributed by atoms with Crippen LogP contribution in [0.3, 0.4) is 0 Å². The molecule has 0 aliphatic carbocycles. The maximum absolute atomic E-state index is 12.0. The fraction of sp³-hybridized carbons (Fsp3) is 0.143. The van der Waals surface area contributed by atoms with Gasteiger partial charge in [0.2, 0.25) is 0 Å². The number of methoxy groups -OCH3 is 1. The molecule has 0 saturated carbocycles. The maximum Gasteiger partial charge on any atom is 0.340 e. The Hall–Kier alpha value is -2.27. The number of rotatable bonds is 4. The third-order valence-corrected chi connectivity index (χ3v) is 3.06. The van der Waals surface area contributed by atoms with E-state index in [1.54, 1.807) is 30.5 Å². The van der Waals surface area contributed by atoms with Gasteiger partial charge in [0.15, 0.2) is 0 Å². The highest BCUT2D eigenvalue weighted by atomic mass is 35.5. The molecule has 0 unspecified atom stereocenters. The molecule has 0 aliphatic heterocycles. The van der Waals surface area contributed by atoms with E-state index >= 15 is 0 Å².